The predicted molar refractivity (Wildman–Crippen MR) is 57.6 cm³/mol. The van der Waals surface area contributed by atoms with Crippen molar-refractivity contribution in [2.45, 2.75) is 6.42 Å². The second-order valence-corrected chi connectivity index (χ2v) is 3.24. The Labute approximate surface area is 92.9 Å². The molecule has 0 atom stereocenters. The van der Waals surface area contributed by atoms with Crippen molar-refractivity contribution in [3.63, 3.8) is 0 Å². The van der Waals surface area contributed by atoms with Gasteiger partial charge in [-0.1, -0.05) is 6.07 Å². The van der Waals surface area contributed by atoms with Crippen molar-refractivity contribution in [2.24, 2.45) is 0 Å². The molecule has 0 saturated carbocycles. The van der Waals surface area contributed by atoms with Crippen molar-refractivity contribution in [3.05, 3.63) is 54.4 Å². The van der Waals surface area contributed by atoms with E-state index in [1.165, 1.54) is 12.3 Å². The lowest BCUT2D eigenvalue weighted by Gasteiger charge is -2.04. The molecule has 0 amide bonds. The lowest BCUT2D eigenvalue weighted by Crippen LogP contribution is -2.02. The molecule has 16 heavy (non-hydrogen) atoms. The number of aromatic nitrogens is 2. The molecule has 3 nitrogen and oxygen atoms in total. The lowest BCUT2D eigenvalue weighted by molar-refractivity contribution is 0.318. The molecular weight excluding hydrogens is 207 g/mol. The van der Waals surface area contributed by atoms with E-state index in [1.807, 2.05) is 18.2 Å². The SMILES string of the molecule is Fc1ccc(OCCc2ccccn2)cn1. The van der Waals surface area contributed by atoms with Crippen LogP contribution in [0.25, 0.3) is 0 Å². The monoisotopic (exact) mass is 218 g/mol. The Balaban J connectivity index is 1.82. The van der Waals surface area contributed by atoms with Crippen molar-refractivity contribution in [1.29, 1.82) is 0 Å². The Kier molecular flexibility index (Phi) is 3.43. The second-order valence-electron chi connectivity index (χ2n) is 3.24. The summed E-state index contributed by atoms with van der Waals surface area (Å²) in [5.74, 6) is 0.0643. The Bertz CT molecular complexity index is 431. The van der Waals surface area contributed by atoms with Crippen LogP contribution >= 0.6 is 0 Å². The summed E-state index contributed by atoms with van der Waals surface area (Å²) in [4.78, 5) is 7.67. The number of nitrogens with zero attached hydrogens (tertiary/aromatic N) is 2. The third kappa shape index (κ3) is 3.02. The minimum Gasteiger partial charge on any atom is -0.492 e. The van der Waals surface area contributed by atoms with E-state index >= 15 is 0 Å². The number of pyridine rings is 2. The summed E-state index contributed by atoms with van der Waals surface area (Å²) in [6, 6.07) is 8.57. The van der Waals surface area contributed by atoms with E-state index in [1.54, 1.807) is 12.3 Å². The third-order valence-electron chi connectivity index (χ3n) is 2.05. The summed E-state index contributed by atoms with van der Waals surface area (Å²) in [5, 5.41) is 0. The van der Waals surface area contributed by atoms with E-state index < -0.39 is 5.95 Å². The van der Waals surface area contributed by atoms with Crippen LogP contribution in [0.2, 0.25) is 0 Å². The van der Waals surface area contributed by atoms with E-state index in [4.69, 9.17) is 4.74 Å². The normalized spacial score (nSPS) is 10.1. The fourth-order valence-electron chi connectivity index (χ4n) is 1.27. The molecule has 0 bridgehead atoms. The highest BCUT2D eigenvalue weighted by atomic mass is 19.1. The highest BCUT2D eigenvalue weighted by molar-refractivity contribution is 5.16. The molecule has 0 unspecified atom stereocenters. The number of halogens is 1. The van der Waals surface area contributed by atoms with Crippen LogP contribution in [0.1, 0.15) is 5.69 Å². The summed E-state index contributed by atoms with van der Waals surface area (Å²) in [7, 11) is 0. The molecule has 2 rings (SSSR count). The van der Waals surface area contributed by atoms with E-state index in [0.29, 0.717) is 12.4 Å². The van der Waals surface area contributed by atoms with Gasteiger partial charge in [0.1, 0.15) is 5.75 Å². The molecular formula is C12H11FN2O. The summed E-state index contributed by atoms with van der Waals surface area (Å²) in [6.07, 6.45) is 3.83. The van der Waals surface area contributed by atoms with Crippen LogP contribution in [-0.2, 0) is 6.42 Å². The number of hydrogen-bond donors (Lipinski definition) is 0. The minimum atomic E-state index is -0.503. The van der Waals surface area contributed by atoms with Gasteiger partial charge in [0, 0.05) is 18.3 Å². The first-order valence-electron chi connectivity index (χ1n) is 4.99. The van der Waals surface area contributed by atoms with Gasteiger partial charge in [-0.05, 0) is 24.3 Å². The molecule has 0 aliphatic rings. The average Bonchev–Trinajstić information content (AvgIpc) is 2.33. The average molecular weight is 218 g/mol. The van der Waals surface area contributed by atoms with Crippen LogP contribution in [0.4, 0.5) is 4.39 Å². The van der Waals surface area contributed by atoms with Crippen molar-refractivity contribution in [2.75, 3.05) is 6.61 Å². The zero-order chi connectivity index (χ0) is 11.2. The van der Waals surface area contributed by atoms with Gasteiger partial charge >= 0.3 is 0 Å². The maximum absolute atomic E-state index is 12.5. The van der Waals surface area contributed by atoms with E-state index in [0.717, 1.165) is 12.1 Å². The molecule has 0 saturated heterocycles. The molecule has 0 aromatic carbocycles. The van der Waals surface area contributed by atoms with Gasteiger partial charge in [0.15, 0.2) is 0 Å². The summed E-state index contributed by atoms with van der Waals surface area (Å²) in [6.45, 7) is 0.504. The third-order valence-corrected chi connectivity index (χ3v) is 2.05. The molecule has 0 N–H and O–H groups in total. The zero-order valence-electron chi connectivity index (χ0n) is 8.64. The largest absolute Gasteiger partial charge is 0.492 e. The zero-order valence-corrected chi connectivity index (χ0v) is 8.64. The summed E-state index contributed by atoms with van der Waals surface area (Å²) in [5.41, 5.74) is 0.970. The Morgan fingerprint density at radius 3 is 2.75 bits per heavy atom. The molecule has 0 aliphatic carbocycles. The van der Waals surface area contributed by atoms with Crippen molar-refractivity contribution < 1.29 is 9.13 Å². The van der Waals surface area contributed by atoms with E-state index in [-0.39, 0.29) is 0 Å². The van der Waals surface area contributed by atoms with Crippen LogP contribution < -0.4 is 4.74 Å². The molecule has 4 heteroatoms. The predicted octanol–water partition coefficient (Wildman–Crippen LogP) is 2.24. The highest BCUT2D eigenvalue weighted by Gasteiger charge is 1.97. The standard InChI is InChI=1S/C12H11FN2O/c13-12-5-4-11(9-15-12)16-8-6-10-3-1-2-7-14-10/h1-5,7,9H,6,8H2. The molecule has 0 fully saturated rings. The van der Waals surface area contributed by atoms with Gasteiger partial charge in [-0.25, -0.2) is 4.98 Å². The van der Waals surface area contributed by atoms with Gasteiger partial charge in [0.25, 0.3) is 0 Å². The molecule has 0 radical (unpaired) electrons. The Morgan fingerprint density at radius 1 is 1.12 bits per heavy atom. The summed E-state index contributed by atoms with van der Waals surface area (Å²) < 4.78 is 17.9. The lowest BCUT2D eigenvalue weighted by atomic mass is 10.3. The van der Waals surface area contributed by atoms with Crippen LogP contribution in [-0.4, -0.2) is 16.6 Å². The first-order chi connectivity index (χ1) is 7.84. The number of hydrogen-bond acceptors (Lipinski definition) is 3. The van der Waals surface area contributed by atoms with Gasteiger partial charge in [-0.2, -0.15) is 4.39 Å². The van der Waals surface area contributed by atoms with Gasteiger partial charge < -0.3 is 4.74 Å². The maximum atomic E-state index is 12.5. The number of rotatable bonds is 4. The minimum absolute atomic E-state index is 0.503. The number of ether oxygens (including phenoxy) is 1. The topological polar surface area (TPSA) is 35.0 Å². The molecule has 82 valence electrons. The smallest absolute Gasteiger partial charge is 0.213 e. The van der Waals surface area contributed by atoms with Crippen LogP contribution in [0.3, 0.4) is 0 Å². The van der Waals surface area contributed by atoms with Crippen LogP contribution in [0, 0.1) is 5.95 Å². The first-order valence-corrected chi connectivity index (χ1v) is 4.99. The summed E-state index contributed by atoms with van der Waals surface area (Å²) >= 11 is 0. The van der Waals surface area contributed by atoms with Gasteiger partial charge in [-0.15, -0.1) is 0 Å². The molecule has 2 heterocycles. The van der Waals surface area contributed by atoms with E-state index in [9.17, 15) is 4.39 Å². The Hall–Kier alpha value is -1.97. The first kappa shape index (κ1) is 10.5. The highest BCUT2D eigenvalue weighted by Crippen LogP contribution is 2.08. The maximum Gasteiger partial charge on any atom is 0.213 e. The van der Waals surface area contributed by atoms with Gasteiger partial charge in [0.05, 0.1) is 12.8 Å². The van der Waals surface area contributed by atoms with Gasteiger partial charge in [0.2, 0.25) is 5.95 Å². The van der Waals surface area contributed by atoms with Crippen molar-refractivity contribution in [3.8, 4) is 5.75 Å². The van der Waals surface area contributed by atoms with Gasteiger partial charge in [-0.3, -0.25) is 4.98 Å². The molecule has 0 aliphatic heterocycles. The molecule has 2 aromatic rings. The second kappa shape index (κ2) is 5.21. The van der Waals surface area contributed by atoms with E-state index in [2.05, 4.69) is 9.97 Å². The van der Waals surface area contributed by atoms with Crippen molar-refractivity contribution >= 4 is 0 Å². The molecule has 0 spiro atoms. The van der Waals surface area contributed by atoms with Crippen molar-refractivity contribution in [1.82, 2.24) is 9.97 Å². The fourth-order valence-corrected chi connectivity index (χ4v) is 1.27. The molecule has 2 aromatic heterocycles. The van der Waals surface area contributed by atoms with Crippen LogP contribution in [0.15, 0.2) is 42.7 Å². The fraction of sp³-hybridized carbons (Fsp3) is 0.167. The Morgan fingerprint density at radius 2 is 2.06 bits per heavy atom. The quantitative estimate of drug-likeness (QED) is 0.738. The van der Waals surface area contributed by atoms with Crippen LogP contribution in [0.5, 0.6) is 5.75 Å².